The van der Waals surface area contributed by atoms with Crippen molar-refractivity contribution in [1.82, 2.24) is 0 Å². The second-order valence-electron chi connectivity index (χ2n) is 2.72. The summed E-state index contributed by atoms with van der Waals surface area (Å²) in [6, 6.07) is 4.80. The summed E-state index contributed by atoms with van der Waals surface area (Å²) in [6.07, 6.45) is 0.473. The van der Waals surface area contributed by atoms with Gasteiger partial charge in [-0.1, -0.05) is 12.0 Å². The Hall–Kier alpha value is -2.08. The van der Waals surface area contributed by atoms with E-state index >= 15 is 0 Å². The van der Waals surface area contributed by atoms with Gasteiger partial charge in [0.05, 0.1) is 5.56 Å². The molecule has 0 aliphatic heterocycles. The molecule has 0 unspecified atom stereocenters. The third-order valence-electron chi connectivity index (χ3n) is 1.74. The number of benzene rings is 1. The first-order valence-corrected chi connectivity index (χ1v) is 3.94. The number of hydrogen-bond acceptors (Lipinski definition) is 2. The van der Waals surface area contributed by atoms with E-state index in [0.717, 1.165) is 0 Å². The van der Waals surface area contributed by atoms with Crippen LogP contribution in [0.25, 0.3) is 0 Å². The molecular weight excluding hydrogens is 180 g/mol. The van der Waals surface area contributed by atoms with Crippen molar-refractivity contribution in [1.29, 1.82) is 0 Å². The van der Waals surface area contributed by atoms with E-state index in [0.29, 0.717) is 17.4 Å². The second kappa shape index (κ2) is 4.24. The van der Waals surface area contributed by atoms with Crippen LogP contribution in [0.1, 0.15) is 21.5 Å². The van der Waals surface area contributed by atoms with Crippen molar-refractivity contribution < 1.29 is 14.7 Å². The van der Waals surface area contributed by atoms with Crippen LogP contribution in [0, 0.1) is 18.8 Å². The van der Waals surface area contributed by atoms with Crippen molar-refractivity contribution >= 4 is 12.3 Å². The van der Waals surface area contributed by atoms with Crippen molar-refractivity contribution in [2.45, 2.75) is 6.92 Å². The minimum atomic E-state index is -0.989. The highest BCUT2D eigenvalue weighted by atomic mass is 16.4. The smallest absolute Gasteiger partial charge is 0.335 e. The summed E-state index contributed by atoms with van der Waals surface area (Å²) in [7, 11) is 0. The highest BCUT2D eigenvalue weighted by molar-refractivity contribution is 5.89. The third-order valence-corrected chi connectivity index (χ3v) is 1.74. The van der Waals surface area contributed by atoms with Gasteiger partial charge in [-0.2, -0.15) is 0 Å². The van der Waals surface area contributed by atoms with Crippen LogP contribution in [0.3, 0.4) is 0 Å². The Morgan fingerprint density at radius 1 is 1.50 bits per heavy atom. The predicted octanol–water partition coefficient (Wildman–Crippen LogP) is 1.24. The van der Waals surface area contributed by atoms with E-state index in [1.807, 2.05) is 0 Å². The molecule has 0 amide bonds. The molecule has 0 bridgehead atoms. The summed E-state index contributed by atoms with van der Waals surface area (Å²) < 4.78 is 0. The summed E-state index contributed by atoms with van der Waals surface area (Å²) in [5.41, 5.74) is 1.41. The fraction of sp³-hybridized carbons (Fsp3) is 0.0909. The summed E-state index contributed by atoms with van der Waals surface area (Å²) in [4.78, 5) is 20.7. The van der Waals surface area contributed by atoms with E-state index in [1.54, 1.807) is 19.1 Å². The SMILES string of the molecule is Cc1ccc(C#CC=O)cc1C(=O)O. The van der Waals surface area contributed by atoms with E-state index in [1.165, 1.54) is 6.07 Å². The van der Waals surface area contributed by atoms with Crippen LogP contribution in [0.15, 0.2) is 18.2 Å². The van der Waals surface area contributed by atoms with Crippen molar-refractivity contribution in [2.75, 3.05) is 0 Å². The molecule has 0 atom stereocenters. The normalized spacial score (nSPS) is 8.64. The molecular formula is C11H8O3. The van der Waals surface area contributed by atoms with Gasteiger partial charge in [0.15, 0.2) is 6.29 Å². The molecule has 0 aliphatic rings. The van der Waals surface area contributed by atoms with Gasteiger partial charge in [0.25, 0.3) is 0 Å². The maximum absolute atomic E-state index is 10.7. The molecule has 1 aromatic rings. The molecule has 3 nitrogen and oxygen atoms in total. The lowest BCUT2D eigenvalue weighted by Gasteiger charge is -1.99. The Labute approximate surface area is 81.4 Å². The topological polar surface area (TPSA) is 54.4 Å². The number of aryl methyl sites for hydroxylation is 1. The van der Waals surface area contributed by atoms with Gasteiger partial charge >= 0.3 is 5.97 Å². The minimum Gasteiger partial charge on any atom is -0.478 e. The lowest BCUT2D eigenvalue weighted by molar-refractivity contribution is -0.103. The van der Waals surface area contributed by atoms with Crippen molar-refractivity contribution in [3.63, 3.8) is 0 Å². The Morgan fingerprint density at radius 2 is 2.21 bits per heavy atom. The average Bonchev–Trinajstić information content (AvgIpc) is 2.16. The fourth-order valence-corrected chi connectivity index (χ4v) is 1.04. The van der Waals surface area contributed by atoms with E-state index in [2.05, 4.69) is 11.8 Å². The summed E-state index contributed by atoms with van der Waals surface area (Å²) in [5, 5.41) is 8.80. The number of rotatable bonds is 1. The fourth-order valence-electron chi connectivity index (χ4n) is 1.04. The largest absolute Gasteiger partial charge is 0.478 e. The van der Waals surface area contributed by atoms with Gasteiger partial charge in [-0.3, -0.25) is 4.79 Å². The molecule has 0 fully saturated rings. The molecule has 0 saturated carbocycles. The van der Waals surface area contributed by atoms with Gasteiger partial charge in [-0.05, 0) is 30.5 Å². The summed E-state index contributed by atoms with van der Waals surface area (Å²) in [5.74, 6) is 3.77. The lowest BCUT2D eigenvalue weighted by atomic mass is 10.1. The molecule has 3 heteroatoms. The van der Waals surface area contributed by atoms with Gasteiger partial charge < -0.3 is 5.11 Å². The Bertz CT molecular complexity index is 436. The molecule has 0 aromatic heterocycles. The highest BCUT2D eigenvalue weighted by Gasteiger charge is 2.06. The first-order valence-electron chi connectivity index (χ1n) is 3.94. The van der Waals surface area contributed by atoms with Crippen LogP contribution >= 0.6 is 0 Å². The summed E-state index contributed by atoms with van der Waals surface area (Å²) in [6.45, 7) is 1.71. The highest BCUT2D eigenvalue weighted by Crippen LogP contribution is 2.10. The van der Waals surface area contributed by atoms with E-state index in [4.69, 9.17) is 5.11 Å². The van der Waals surface area contributed by atoms with Crippen LogP contribution in [0.5, 0.6) is 0 Å². The molecule has 14 heavy (non-hydrogen) atoms. The minimum absolute atomic E-state index is 0.211. The molecule has 1 N–H and O–H groups in total. The molecule has 0 spiro atoms. The van der Waals surface area contributed by atoms with Crippen LogP contribution in [-0.2, 0) is 4.79 Å². The number of aromatic carboxylic acids is 1. The Morgan fingerprint density at radius 3 is 2.79 bits per heavy atom. The molecule has 1 aromatic carbocycles. The standard InChI is InChI=1S/C11H8O3/c1-8-4-5-9(3-2-6-12)7-10(8)11(13)14/h4-7H,1H3,(H,13,14). The third kappa shape index (κ3) is 2.20. The van der Waals surface area contributed by atoms with Crippen LogP contribution < -0.4 is 0 Å². The van der Waals surface area contributed by atoms with E-state index < -0.39 is 5.97 Å². The summed E-state index contributed by atoms with van der Waals surface area (Å²) >= 11 is 0. The Kier molecular flexibility index (Phi) is 3.03. The van der Waals surface area contributed by atoms with E-state index in [9.17, 15) is 9.59 Å². The molecule has 0 saturated heterocycles. The number of hydrogen-bond donors (Lipinski definition) is 1. The monoisotopic (exact) mass is 188 g/mol. The average molecular weight is 188 g/mol. The van der Waals surface area contributed by atoms with Crippen LogP contribution in [-0.4, -0.2) is 17.4 Å². The van der Waals surface area contributed by atoms with Crippen LogP contribution in [0.2, 0.25) is 0 Å². The van der Waals surface area contributed by atoms with Gasteiger partial charge in [0.1, 0.15) is 0 Å². The first kappa shape index (κ1) is 10.0. The van der Waals surface area contributed by atoms with Gasteiger partial charge in [-0.25, -0.2) is 4.79 Å². The van der Waals surface area contributed by atoms with E-state index in [-0.39, 0.29) is 5.56 Å². The van der Waals surface area contributed by atoms with Gasteiger partial charge in [0.2, 0.25) is 0 Å². The molecule has 0 aliphatic carbocycles. The number of carbonyl (C=O) groups is 2. The number of aldehydes is 1. The first-order chi connectivity index (χ1) is 6.65. The van der Waals surface area contributed by atoms with Crippen LogP contribution in [0.4, 0.5) is 0 Å². The number of carbonyl (C=O) groups excluding carboxylic acids is 1. The quantitative estimate of drug-likeness (QED) is 0.533. The predicted molar refractivity (Wildman–Crippen MR) is 51.1 cm³/mol. The second-order valence-corrected chi connectivity index (χ2v) is 2.72. The molecule has 70 valence electrons. The Balaban J connectivity index is 3.19. The number of carboxylic acids is 1. The maximum atomic E-state index is 10.7. The maximum Gasteiger partial charge on any atom is 0.335 e. The zero-order valence-corrected chi connectivity index (χ0v) is 7.57. The van der Waals surface area contributed by atoms with Gasteiger partial charge in [0, 0.05) is 5.56 Å². The zero-order valence-electron chi connectivity index (χ0n) is 7.57. The molecule has 1 rings (SSSR count). The molecule has 0 radical (unpaired) electrons. The van der Waals surface area contributed by atoms with Crippen molar-refractivity contribution in [2.24, 2.45) is 0 Å². The molecule has 0 heterocycles. The number of carboxylic acid groups (broad SMARTS) is 1. The zero-order chi connectivity index (χ0) is 10.6. The van der Waals surface area contributed by atoms with Gasteiger partial charge in [-0.15, -0.1) is 0 Å². The lowest BCUT2D eigenvalue weighted by Crippen LogP contribution is -1.99. The van der Waals surface area contributed by atoms with Crippen molar-refractivity contribution in [3.8, 4) is 11.8 Å². The van der Waals surface area contributed by atoms with Crippen molar-refractivity contribution in [3.05, 3.63) is 34.9 Å².